The summed E-state index contributed by atoms with van der Waals surface area (Å²) in [7, 11) is 0. The normalized spacial score (nSPS) is 17.2. The summed E-state index contributed by atoms with van der Waals surface area (Å²) in [5.41, 5.74) is 1.04. The van der Waals surface area contributed by atoms with Gasteiger partial charge in [-0.2, -0.15) is 5.26 Å². The maximum Gasteiger partial charge on any atom is 0.331 e. The summed E-state index contributed by atoms with van der Waals surface area (Å²) in [6, 6.07) is 9.42. The van der Waals surface area contributed by atoms with Crippen LogP contribution in [0.3, 0.4) is 0 Å². The number of nitriles is 1. The number of rotatable bonds is 3. The molecular formula is C16H17NO2. The first-order chi connectivity index (χ1) is 9.20. The van der Waals surface area contributed by atoms with Gasteiger partial charge in [-0.3, -0.25) is 0 Å². The molecule has 1 saturated carbocycles. The summed E-state index contributed by atoms with van der Waals surface area (Å²) in [4.78, 5) is 11.6. The highest BCUT2D eigenvalue weighted by molar-refractivity contribution is 5.81. The van der Waals surface area contributed by atoms with Crippen molar-refractivity contribution in [1.29, 1.82) is 5.26 Å². The minimum Gasteiger partial charge on any atom is -0.451 e. The molecule has 0 radical (unpaired) electrons. The number of ether oxygens (including phenoxy) is 1. The molecule has 1 aromatic carbocycles. The predicted octanol–water partition coefficient (Wildman–Crippen LogP) is 3.45. The molecule has 0 atom stereocenters. The average Bonchev–Trinajstić information content (AvgIpc) is 2.48. The first-order valence-corrected chi connectivity index (χ1v) is 6.56. The Bertz CT molecular complexity index is 505. The molecule has 1 fully saturated rings. The number of carbonyl (C=O) groups excluding carboxylic acids is 1. The highest BCUT2D eigenvalue weighted by atomic mass is 16.6. The van der Waals surface area contributed by atoms with Gasteiger partial charge in [0, 0.05) is 6.08 Å². The third kappa shape index (κ3) is 2.85. The Labute approximate surface area is 113 Å². The molecule has 0 unspecified atom stereocenters. The zero-order valence-corrected chi connectivity index (χ0v) is 10.9. The van der Waals surface area contributed by atoms with Crippen LogP contribution in [0, 0.1) is 11.3 Å². The zero-order valence-electron chi connectivity index (χ0n) is 10.9. The van der Waals surface area contributed by atoms with Crippen molar-refractivity contribution in [3.63, 3.8) is 0 Å². The van der Waals surface area contributed by atoms with Gasteiger partial charge in [-0.05, 0) is 43.4 Å². The van der Waals surface area contributed by atoms with Crippen LogP contribution >= 0.6 is 0 Å². The van der Waals surface area contributed by atoms with E-state index in [0.717, 1.165) is 31.2 Å². The highest BCUT2D eigenvalue weighted by Gasteiger charge is 2.37. The molecule has 1 aromatic rings. The second kappa shape index (κ2) is 5.71. The lowest BCUT2D eigenvalue weighted by Gasteiger charge is -2.37. The standard InChI is InChI=1S/C16H17NO2/c1-2-15(18)19-16(10-4-3-5-11-16)14-8-6-13(12-17)7-9-14/h2,6-9H,1,3-5,10-11H2. The van der Waals surface area contributed by atoms with Gasteiger partial charge in [-0.15, -0.1) is 0 Å². The quantitative estimate of drug-likeness (QED) is 0.614. The zero-order chi connectivity index (χ0) is 13.7. The third-order valence-corrected chi connectivity index (χ3v) is 3.66. The Kier molecular flexibility index (Phi) is 4.01. The molecule has 0 heterocycles. The molecule has 98 valence electrons. The SMILES string of the molecule is C=CC(=O)OC1(c2ccc(C#N)cc2)CCCCC1. The largest absolute Gasteiger partial charge is 0.451 e. The van der Waals surface area contributed by atoms with E-state index in [1.165, 1.54) is 12.5 Å². The van der Waals surface area contributed by atoms with Crippen LogP contribution in [0.2, 0.25) is 0 Å². The van der Waals surface area contributed by atoms with Crippen LogP contribution in [-0.2, 0) is 15.1 Å². The topological polar surface area (TPSA) is 50.1 Å². The molecule has 0 amide bonds. The van der Waals surface area contributed by atoms with E-state index in [0.29, 0.717) is 5.56 Å². The van der Waals surface area contributed by atoms with Crippen LogP contribution in [0.1, 0.15) is 43.2 Å². The fraction of sp³-hybridized carbons (Fsp3) is 0.375. The van der Waals surface area contributed by atoms with Gasteiger partial charge >= 0.3 is 5.97 Å². The molecule has 1 aliphatic rings. The van der Waals surface area contributed by atoms with Crippen molar-refractivity contribution in [1.82, 2.24) is 0 Å². The maximum absolute atomic E-state index is 11.6. The monoisotopic (exact) mass is 255 g/mol. The molecule has 0 N–H and O–H groups in total. The van der Waals surface area contributed by atoms with E-state index in [9.17, 15) is 4.79 Å². The van der Waals surface area contributed by atoms with Crippen LogP contribution in [0.25, 0.3) is 0 Å². The summed E-state index contributed by atoms with van der Waals surface area (Å²) in [6.07, 6.45) is 6.13. The predicted molar refractivity (Wildman–Crippen MR) is 72.2 cm³/mol. The van der Waals surface area contributed by atoms with Crippen molar-refractivity contribution < 1.29 is 9.53 Å². The first-order valence-electron chi connectivity index (χ1n) is 6.56. The Balaban J connectivity index is 2.32. The lowest BCUT2D eigenvalue weighted by atomic mass is 9.79. The van der Waals surface area contributed by atoms with Gasteiger partial charge < -0.3 is 4.74 Å². The van der Waals surface area contributed by atoms with Crippen molar-refractivity contribution in [3.05, 3.63) is 48.0 Å². The van der Waals surface area contributed by atoms with Gasteiger partial charge in [0.1, 0.15) is 5.60 Å². The van der Waals surface area contributed by atoms with Gasteiger partial charge in [0.05, 0.1) is 11.6 Å². The summed E-state index contributed by atoms with van der Waals surface area (Å²) in [6.45, 7) is 3.46. The molecule has 0 saturated heterocycles. The smallest absolute Gasteiger partial charge is 0.331 e. The van der Waals surface area contributed by atoms with Gasteiger partial charge in [-0.1, -0.05) is 25.1 Å². The molecule has 2 rings (SSSR count). The molecule has 0 aromatic heterocycles. The molecule has 0 aliphatic heterocycles. The van der Waals surface area contributed by atoms with E-state index in [1.807, 2.05) is 12.1 Å². The Morgan fingerprint density at radius 3 is 2.42 bits per heavy atom. The third-order valence-electron chi connectivity index (χ3n) is 3.66. The summed E-state index contributed by atoms with van der Waals surface area (Å²) < 4.78 is 5.65. The minimum absolute atomic E-state index is 0.383. The summed E-state index contributed by atoms with van der Waals surface area (Å²) in [5, 5.41) is 8.84. The Morgan fingerprint density at radius 1 is 1.26 bits per heavy atom. The second-order valence-corrected chi connectivity index (χ2v) is 4.87. The minimum atomic E-state index is -0.544. The number of esters is 1. The van der Waals surface area contributed by atoms with E-state index in [4.69, 9.17) is 10.00 Å². The highest BCUT2D eigenvalue weighted by Crippen LogP contribution is 2.40. The maximum atomic E-state index is 11.6. The number of hydrogen-bond donors (Lipinski definition) is 0. The Morgan fingerprint density at radius 2 is 1.89 bits per heavy atom. The Hall–Kier alpha value is -2.08. The fourth-order valence-electron chi connectivity index (χ4n) is 2.66. The van der Waals surface area contributed by atoms with Crippen molar-refractivity contribution in [2.24, 2.45) is 0 Å². The summed E-state index contributed by atoms with van der Waals surface area (Å²) >= 11 is 0. The van der Waals surface area contributed by atoms with E-state index in [2.05, 4.69) is 12.6 Å². The number of hydrogen-bond acceptors (Lipinski definition) is 3. The van der Waals surface area contributed by atoms with Crippen LogP contribution in [0.15, 0.2) is 36.9 Å². The first kappa shape index (κ1) is 13.4. The molecular weight excluding hydrogens is 238 g/mol. The molecule has 0 spiro atoms. The van der Waals surface area contributed by atoms with Gasteiger partial charge in [0.2, 0.25) is 0 Å². The van der Waals surface area contributed by atoms with Crippen molar-refractivity contribution >= 4 is 5.97 Å². The lowest BCUT2D eigenvalue weighted by Crippen LogP contribution is -2.34. The van der Waals surface area contributed by atoms with Crippen molar-refractivity contribution in [2.75, 3.05) is 0 Å². The molecule has 0 bridgehead atoms. The van der Waals surface area contributed by atoms with E-state index < -0.39 is 5.60 Å². The number of carbonyl (C=O) groups is 1. The molecule has 3 nitrogen and oxygen atoms in total. The molecule has 1 aliphatic carbocycles. The van der Waals surface area contributed by atoms with Crippen LogP contribution in [0.4, 0.5) is 0 Å². The fourth-order valence-corrected chi connectivity index (χ4v) is 2.66. The van der Waals surface area contributed by atoms with E-state index >= 15 is 0 Å². The second-order valence-electron chi connectivity index (χ2n) is 4.87. The lowest BCUT2D eigenvalue weighted by molar-refractivity contribution is -0.158. The van der Waals surface area contributed by atoms with Gasteiger partial charge in [-0.25, -0.2) is 4.79 Å². The number of benzene rings is 1. The van der Waals surface area contributed by atoms with Gasteiger partial charge in [0.15, 0.2) is 0 Å². The van der Waals surface area contributed by atoms with Crippen molar-refractivity contribution in [3.8, 4) is 6.07 Å². The van der Waals surface area contributed by atoms with Crippen LogP contribution in [0.5, 0.6) is 0 Å². The van der Waals surface area contributed by atoms with E-state index in [1.54, 1.807) is 12.1 Å². The number of nitrogens with zero attached hydrogens (tertiary/aromatic N) is 1. The molecule has 19 heavy (non-hydrogen) atoms. The van der Waals surface area contributed by atoms with Gasteiger partial charge in [0.25, 0.3) is 0 Å². The van der Waals surface area contributed by atoms with Crippen LogP contribution < -0.4 is 0 Å². The van der Waals surface area contributed by atoms with E-state index in [-0.39, 0.29) is 5.97 Å². The van der Waals surface area contributed by atoms with Crippen molar-refractivity contribution in [2.45, 2.75) is 37.7 Å². The average molecular weight is 255 g/mol. The molecule has 3 heteroatoms. The van der Waals surface area contributed by atoms with Crippen LogP contribution in [-0.4, -0.2) is 5.97 Å². The summed E-state index contributed by atoms with van der Waals surface area (Å²) in [5.74, 6) is -0.383.